The third kappa shape index (κ3) is 18.5. The van der Waals surface area contributed by atoms with E-state index in [2.05, 4.69) is 105 Å². The second-order valence-corrected chi connectivity index (χ2v) is 31.9. The number of cyclic esters (lactones) is 1. The van der Waals surface area contributed by atoms with Crippen LogP contribution in [0.3, 0.4) is 0 Å². The number of carbonyl (C=O) groups is 12. The maximum absolute atomic E-state index is 15.4. The molecular formula is C71H81N19O18S5. The summed E-state index contributed by atoms with van der Waals surface area (Å²) in [5, 5.41) is 91.5. The normalized spacial score (nSPS) is 26.1. The number of fused-ring (bicyclic) bond motifs is 7. The summed E-state index contributed by atoms with van der Waals surface area (Å²) in [5.74, 6) is -12.7. The van der Waals surface area contributed by atoms with Gasteiger partial charge in [-0.25, -0.2) is 29.7 Å². The molecule has 0 aromatic carbocycles. The number of hydrogen-bond acceptors (Lipinski definition) is 31. The van der Waals surface area contributed by atoms with Crippen molar-refractivity contribution in [2.24, 2.45) is 21.6 Å². The fourth-order valence-corrected chi connectivity index (χ4v) is 16.9. The first-order valence-corrected chi connectivity index (χ1v) is 39.3. The van der Waals surface area contributed by atoms with Gasteiger partial charge >= 0.3 is 5.97 Å². The Labute approximate surface area is 664 Å². The average molecular weight is 1650 g/mol. The number of aliphatic hydroxyl groups is 5. The van der Waals surface area contributed by atoms with Crippen molar-refractivity contribution in [3.63, 3.8) is 0 Å². The molecule has 1 unspecified atom stereocenters. The van der Waals surface area contributed by atoms with Gasteiger partial charge in [0.2, 0.25) is 23.6 Å². The van der Waals surface area contributed by atoms with E-state index in [4.69, 9.17) is 25.4 Å². The number of rotatable bonds is 11. The quantitative estimate of drug-likeness (QED) is 0.0633. The molecule has 9 heterocycles. The minimum Gasteiger partial charge on any atom is -0.455 e. The molecule has 0 saturated heterocycles. The predicted octanol–water partition coefficient (Wildman–Crippen LogP) is 0.509. The van der Waals surface area contributed by atoms with Crippen molar-refractivity contribution in [1.29, 1.82) is 0 Å². The first-order valence-electron chi connectivity index (χ1n) is 34.8. The number of carbonyl (C=O) groups excluding carboxylic acids is 12. The maximum Gasteiger partial charge on any atom is 0.357 e. The lowest BCUT2D eigenvalue weighted by Gasteiger charge is -2.41. The molecule has 5 aliphatic rings. The van der Waals surface area contributed by atoms with Gasteiger partial charge in [-0.15, -0.1) is 57.1 Å². The number of thiazole rings is 4. The van der Waals surface area contributed by atoms with Crippen molar-refractivity contribution in [2.75, 3.05) is 5.75 Å². The Morgan fingerprint density at radius 1 is 0.743 bits per heavy atom. The minimum atomic E-state index is -2.21. The smallest absolute Gasteiger partial charge is 0.357 e. The van der Waals surface area contributed by atoms with Gasteiger partial charge in [0.25, 0.3) is 41.4 Å². The number of hydrogen-bond donors (Lipinski definition) is 17. The Kier molecular flexibility index (Phi) is 26.0. The minimum absolute atomic E-state index is 0.0184. The summed E-state index contributed by atoms with van der Waals surface area (Å²) in [6.07, 6.45) is -3.71. The van der Waals surface area contributed by atoms with Crippen molar-refractivity contribution in [3.05, 3.63) is 160 Å². The van der Waals surface area contributed by atoms with Gasteiger partial charge in [-0.3, -0.25) is 68.0 Å². The van der Waals surface area contributed by atoms with E-state index in [-0.39, 0.29) is 89.0 Å². The largest absolute Gasteiger partial charge is 0.455 e. The third-order valence-electron chi connectivity index (χ3n) is 18.7. The molecule has 0 fully saturated rings. The van der Waals surface area contributed by atoms with E-state index < -0.39 is 201 Å². The van der Waals surface area contributed by atoms with Crippen LogP contribution in [-0.2, 0) is 48.6 Å². The van der Waals surface area contributed by atoms with Gasteiger partial charge in [0.15, 0.2) is 0 Å². The van der Waals surface area contributed by atoms with Crippen molar-refractivity contribution >= 4 is 145 Å². The standard InChI is InChI=1S/C71H81N19O18S5/c1-14-37-64-83-44(22-109-64)61(103)89-52(70(13,107)34(12)93)67-85-43(23-112-67)59(101)88-48-33(11)108-68(106)40-19-36(31(9)91)35-15-16-38(50(94)49(35)79-40)78-46(25(2)3)62(104)77-29(7)56(98)74-27(5)55(97)75-30(8)57(99)90-71(69-86-45(24-113-69)60(102)87-47(32(10)92)63(105)81-37)18-17-39(80-51(71)41-20-111-66(48)82-41)65-84-42(21-110-65)58(100)76-28(6)54(96)73-26(4)53(72)95/h14-16,19-21,23-25,30-34,38,44,46-48,50-52,78,91-94,107H,4-7,17-18,22H2,1-3,8-13H3,(H2,72,95)(H,73,96)(H,74,98)(H,75,97)(H,76,100)(H,77,104)(H,81,105)(H,87,102)(H,88,101)(H,89,103)(H,90,99)/t30-,31-,32+,33+,34+,38+,44+,46-,47?,48-,50+,51+,52+,70+,71+/m0/s1. The number of pyridine rings is 1. The summed E-state index contributed by atoms with van der Waals surface area (Å²) < 4.78 is 6.24. The average Bonchev–Trinajstić information content (AvgIpc) is 1.66. The molecule has 0 spiro atoms. The molecule has 0 radical (unpaired) electrons. The molecule has 5 aromatic rings. The van der Waals surface area contributed by atoms with Gasteiger partial charge in [0.05, 0.1) is 76.0 Å². The van der Waals surface area contributed by atoms with Crippen LogP contribution in [0.15, 0.2) is 105 Å². The molecule has 15 atom stereocenters. The number of aliphatic imine (C=N–C) groups is 2. The number of primary amides is 1. The van der Waals surface area contributed by atoms with E-state index >= 15 is 14.4 Å². The van der Waals surface area contributed by atoms with Crippen molar-refractivity contribution in [3.8, 4) is 0 Å². The van der Waals surface area contributed by atoms with E-state index in [0.717, 1.165) is 57.1 Å². The number of nitrogens with zero attached hydrogens (tertiary/aromatic N) is 7. The molecule has 42 heteroatoms. The van der Waals surface area contributed by atoms with E-state index in [0.29, 0.717) is 0 Å². The lowest BCUT2D eigenvalue weighted by molar-refractivity contribution is -0.129. The van der Waals surface area contributed by atoms with Crippen LogP contribution in [0.25, 0.3) is 6.08 Å². The van der Waals surface area contributed by atoms with Gasteiger partial charge in [0, 0.05) is 32.8 Å². The first-order chi connectivity index (χ1) is 53.2. The monoisotopic (exact) mass is 1650 g/mol. The van der Waals surface area contributed by atoms with Crippen LogP contribution in [-0.4, -0.2) is 192 Å². The van der Waals surface area contributed by atoms with Gasteiger partial charge in [-0.2, -0.15) is 0 Å². The molecule has 37 nitrogen and oxygen atoms in total. The first kappa shape index (κ1) is 84.6. The van der Waals surface area contributed by atoms with Crippen LogP contribution in [0.2, 0.25) is 0 Å². The number of aromatic nitrogens is 5. The SMILES string of the molecule is C=C(NC(=O)C(=C)NC(=O)c1csc(C2=N[C@@H]3c4csc(n4)[C@H]4NC(=O)c5csc(n5)[C@H]([C@](C)(O)[C@@H](C)O)NC(=O)[C@H]5CSC(=N5)C(=CC)NC(=O)C([C@@H](C)O)NC(=O)c5csc(n5)[C@]3(CC2)NC(=O)[C@H](C)NC(=O)C(=C)NC(=O)C(=C)NC(=O)[C@H](C(C)C)N[C@@H]2C=Cc3c([C@H](C)O)cc(nc3[C@@H]2O)C(=O)O[C@@H]4C)n1)C(N)=O. The number of allylic oxidation sites excluding steroid dienone is 1. The highest BCUT2D eigenvalue weighted by molar-refractivity contribution is 8.14. The van der Waals surface area contributed by atoms with Gasteiger partial charge in [-0.05, 0) is 78.9 Å². The maximum atomic E-state index is 15.4. The van der Waals surface area contributed by atoms with E-state index in [1.54, 1.807) is 20.8 Å². The lowest BCUT2D eigenvalue weighted by atomic mass is 9.80. The predicted molar refractivity (Wildman–Crippen MR) is 413 cm³/mol. The number of esters is 1. The molecule has 1 aliphatic carbocycles. The fourth-order valence-electron chi connectivity index (χ4n) is 12.0. The van der Waals surface area contributed by atoms with E-state index in [1.165, 1.54) is 87.4 Å². The van der Waals surface area contributed by atoms with Crippen LogP contribution in [0, 0.1) is 5.92 Å². The van der Waals surface area contributed by atoms with Crippen LogP contribution in [0.4, 0.5) is 0 Å². The highest BCUT2D eigenvalue weighted by Crippen LogP contribution is 2.48. The Hall–Kier alpha value is -10.8. The molecule has 113 heavy (non-hydrogen) atoms. The Morgan fingerprint density at radius 2 is 1.42 bits per heavy atom. The highest BCUT2D eigenvalue weighted by atomic mass is 32.2. The molecule has 598 valence electrons. The fraction of sp³-hybridized carbons (Fsp3) is 0.394. The molecule has 18 N–H and O–H groups in total. The van der Waals surface area contributed by atoms with Crippen molar-refractivity contribution in [1.82, 2.24) is 83.4 Å². The number of nitrogens with two attached hydrogens (primary N) is 1. The van der Waals surface area contributed by atoms with Crippen LogP contribution in [0.1, 0.15) is 190 Å². The molecule has 11 amide bonds. The molecular weight excluding hydrogens is 1570 g/mol. The van der Waals surface area contributed by atoms with Gasteiger partial charge < -0.3 is 89.2 Å². The summed E-state index contributed by atoms with van der Waals surface area (Å²) in [7, 11) is 0. The van der Waals surface area contributed by atoms with Crippen LogP contribution >= 0.6 is 57.1 Å². The molecule has 13 bridgehead atoms. The van der Waals surface area contributed by atoms with Crippen molar-refractivity contribution < 1.29 is 87.8 Å². The van der Waals surface area contributed by atoms with Crippen molar-refractivity contribution in [2.45, 2.75) is 165 Å². The third-order valence-corrected chi connectivity index (χ3v) is 23.6. The Bertz CT molecular complexity index is 4920. The molecule has 0 saturated carbocycles. The lowest BCUT2D eigenvalue weighted by Crippen LogP contribution is -2.57. The molecule has 10 rings (SSSR count). The zero-order valence-corrected chi connectivity index (χ0v) is 66.0. The Balaban J connectivity index is 1.18. The summed E-state index contributed by atoms with van der Waals surface area (Å²) in [6.45, 7) is 26.9. The number of amides is 11. The number of thioether (sulfide) groups is 1. The zero-order chi connectivity index (χ0) is 82.7. The zero-order valence-electron chi connectivity index (χ0n) is 61.9. The molecule has 5 aromatic heterocycles. The number of aliphatic hydroxyl groups excluding tert-OH is 4. The van der Waals surface area contributed by atoms with Crippen LogP contribution in [0.5, 0.6) is 0 Å². The Morgan fingerprint density at radius 3 is 2.09 bits per heavy atom. The molecule has 4 aliphatic heterocycles. The second-order valence-electron chi connectivity index (χ2n) is 27.4. The van der Waals surface area contributed by atoms with Gasteiger partial charge in [-0.1, -0.05) is 58.4 Å². The van der Waals surface area contributed by atoms with Crippen LogP contribution < -0.4 is 64.2 Å². The number of nitrogens with one attached hydrogen (secondary N) is 11. The van der Waals surface area contributed by atoms with Gasteiger partial charge in [0.1, 0.15) is 107 Å². The summed E-state index contributed by atoms with van der Waals surface area (Å²) in [5.41, 5.74) is -2.56. The van der Waals surface area contributed by atoms with E-state index in [1.807, 2.05) is 0 Å². The highest BCUT2D eigenvalue weighted by Gasteiger charge is 2.51. The topological polar surface area (TPSA) is 563 Å². The summed E-state index contributed by atoms with van der Waals surface area (Å²) in [6, 6.07) is -10.4. The second kappa shape index (κ2) is 34.7. The summed E-state index contributed by atoms with van der Waals surface area (Å²) in [4.78, 5) is 203. The summed E-state index contributed by atoms with van der Waals surface area (Å²) >= 11 is 4.39. The van der Waals surface area contributed by atoms with E-state index in [9.17, 15) is 68.7 Å². The number of ether oxygens (including phenoxy) is 1.